The van der Waals surface area contributed by atoms with Gasteiger partial charge in [0.15, 0.2) is 11.5 Å². The van der Waals surface area contributed by atoms with Gasteiger partial charge in [0, 0.05) is 11.1 Å². The highest BCUT2D eigenvalue weighted by Crippen LogP contribution is 2.28. The molecule has 0 bridgehead atoms. The normalized spacial score (nSPS) is 11.1. The molecule has 3 rings (SSSR count). The van der Waals surface area contributed by atoms with Crippen LogP contribution in [0.3, 0.4) is 0 Å². The van der Waals surface area contributed by atoms with E-state index in [0.717, 1.165) is 11.1 Å². The van der Waals surface area contributed by atoms with Crippen LogP contribution in [0.25, 0.3) is 17.7 Å². The van der Waals surface area contributed by atoms with Crippen LogP contribution in [-0.2, 0) is 4.79 Å². The molecular weight excluding hydrogens is 426 g/mol. The predicted octanol–water partition coefficient (Wildman–Crippen LogP) is 6.04. The van der Waals surface area contributed by atoms with Crippen molar-refractivity contribution in [3.8, 4) is 23.3 Å². The number of methoxy groups -OCH3 is 2. The van der Waals surface area contributed by atoms with E-state index < -0.39 is 5.97 Å². The summed E-state index contributed by atoms with van der Waals surface area (Å²) in [7, 11) is 3.10. The van der Waals surface area contributed by atoms with Gasteiger partial charge in [-0.05, 0) is 65.2 Å². The Kier molecular flexibility index (Phi) is 7.69. The average Bonchev–Trinajstić information content (AvgIpc) is 2.81. The Hall–Kier alpha value is -4.01. The maximum Gasteiger partial charge on any atom is 0.336 e. The molecule has 32 heavy (non-hydrogen) atoms. The summed E-state index contributed by atoms with van der Waals surface area (Å²) in [6, 6.07) is 21.5. The molecule has 0 aromatic heterocycles. The second-order valence-corrected chi connectivity index (χ2v) is 7.06. The molecule has 0 heterocycles. The van der Waals surface area contributed by atoms with Crippen LogP contribution in [0.5, 0.6) is 17.2 Å². The number of carbonyl (C=O) groups excluding carboxylic acids is 1. The van der Waals surface area contributed by atoms with Gasteiger partial charge in [-0.1, -0.05) is 41.9 Å². The minimum Gasteiger partial charge on any atom is -0.493 e. The summed E-state index contributed by atoms with van der Waals surface area (Å²) in [6.07, 6.45) is 4.67. The molecule has 0 aliphatic carbocycles. The van der Waals surface area contributed by atoms with Crippen molar-refractivity contribution in [2.24, 2.45) is 0 Å². The van der Waals surface area contributed by atoms with Crippen LogP contribution in [0.2, 0.25) is 5.02 Å². The molecule has 0 amide bonds. The molecule has 0 unspecified atom stereocenters. The Morgan fingerprint density at radius 1 is 0.938 bits per heavy atom. The Bertz CT molecular complexity index is 1220. The van der Waals surface area contributed by atoms with Gasteiger partial charge in [0.25, 0.3) is 0 Å². The first kappa shape index (κ1) is 22.7. The lowest BCUT2D eigenvalue weighted by Crippen LogP contribution is -2.03. The van der Waals surface area contributed by atoms with E-state index in [1.807, 2.05) is 12.1 Å². The third-order valence-corrected chi connectivity index (χ3v) is 4.70. The molecule has 3 aromatic rings. The molecule has 0 fully saturated rings. The molecule has 0 saturated carbocycles. The van der Waals surface area contributed by atoms with E-state index in [2.05, 4.69) is 6.07 Å². The minimum atomic E-state index is -0.531. The number of ether oxygens (including phenoxy) is 3. The molecule has 0 radical (unpaired) electrons. The van der Waals surface area contributed by atoms with E-state index in [0.29, 0.717) is 33.4 Å². The summed E-state index contributed by atoms with van der Waals surface area (Å²) in [5.74, 6) is 1.00. The predicted molar refractivity (Wildman–Crippen MR) is 126 cm³/mol. The fourth-order valence-corrected chi connectivity index (χ4v) is 3.13. The van der Waals surface area contributed by atoms with Crippen LogP contribution in [0.15, 0.2) is 72.8 Å². The zero-order valence-corrected chi connectivity index (χ0v) is 18.3. The lowest BCUT2D eigenvalue weighted by molar-refractivity contribution is -0.128. The van der Waals surface area contributed by atoms with Crippen molar-refractivity contribution in [3.05, 3.63) is 94.5 Å². The van der Waals surface area contributed by atoms with Gasteiger partial charge < -0.3 is 14.2 Å². The molecule has 0 aliphatic rings. The van der Waals surface area contributed by atoms with Gasteiger partial charge in [0.2, 0.25) is 0 Å². The highest BCUT2D eigenvalue weighted by molar-refractivity contribution is 6.30. The van der Waals surface area contributed by atoms with Crippen LogP contribution >= 0.6 is 11.6 Å². The number of rotatable bonds is 7. The summed E-state index contributed by atoms with van der Waals surface area (Å²) in [6.45, 7) is 0. The summed E-state index contributed by atoms with van der Waals surface area (Å²) in [4.78, 5) is 12.3. The molecule has 0 atom stereocenters. The van der Waals surface area contributed by atoms with Crippen LogP contribution in [0, 0.1) is 11.3 Å². The van der Waals surface area contributed by atoms with Crippen molar-refractivity contribution in [2.45, 2.75) is 0 Å². The lowest BCUT2D eigenvalue weighted by atomic mass is 10.0. The fourth-order valence-electron chi connectivity index (χ4n) is 2.94. The maximum absolute atomic E-state index is 12.3. The van der Waals surface area contributed by atoms with Crippen molar-refractivity contribution in [1.29, 1.82) is 5.26 Å². The minimum absolute atomic E-state index is 0.365. The van der Waals surface area contributed by atoms with Crippen LogP contribution < -0.4 is 14.2 Å². The van der Waals surface area contributed by atoms with Gasteiger partial charge in [-0.25, -0.2) is 4.79 Å². The van der Waals surface area contributed by atoms with Crippen molar-refractivity contribution in [1.82, 2.24) is 0 Å². The Morgan fingerprint density at radius 3 is 2.44 bits per heavy atom. The Morgan fingerprint density at radius 2 is 1.72 bits per heavy atom. The SMILES string of the molecule is COc1ccc(/C=C/C(=O)Oc2cccc(/C=C(/C#N)c3cccc(Cl)c3)c2)cc1OC. The van der Waals surface area contributed by atoms with Gasteiger partial charge in [-0.3, -0.25) is 0 Å². The summed E-state index contributed by atoms with van der Waals surface area (Å²) in [5, 5.41) is 10.1. The van der Waals surface area contributed by atoms with Gasteiger partial charge >= 0.3 is 5.97 Å². The van der Waals surface area contributed by atoms with Gasteiger partial charge in [0.05, 0.1) is 25.9 Å². The molecule has 0 saturated heterocycles. The highest BCUT2D eigenvalue weighted by atomic mass is 35.5. The summed E-state index contributed by atoms with van der Waals surface area (Å²) >= 11 is 6.02. The quantitative estimate of drug-likeness (QED) is 0.146. The number of hydrogen-bond acceptors (Lipinski definition) is 5. The van der Waals surface area contributed by atoms with Crippen molar-refractivity contribution >= 4 is 35.3 Å². The molecule has 0 spiro atoms. The second-order valence-electron chi connectivity index (χ2n) is 6.62. The largest absolute Gasteiger partial charge is 0.493 e. The lowest BCUT2D eigenvalue weighted by Gasteiger charge is -2.07. The number of esters is 1. The number of allylic oxidation sites excluding steroid dienone is 1. The van der Waals surface area contributed by atoms with E-state index in [-0.39, 0.29) is 0 Å². The second kappa shape index (κ2) is 10.9. The molecule has 0 aliphatic heterocycles. The molecule has 160 valence electrons. The third kappa shape index (κ3) is 6.00. The Labute approximate surface area is 191 Å². The fraction of sp³-hybridized carbons (Fsp3) is 0.0769. The van der Waals surface area contributed by atoms with Crippen LogP contribution in [-0.4, -0.2) is 20.2 Å². The first-order valence-corrected chi connectivity index (χ1v) is 10.00. The van der Waals surface area contributed by atoms with Crippen LogP contribution in [0.4, 0.5) is 0 Å². The molecule has 0 N–H and O–H groups in total. The number of carbonyl (C=O) groups is 1. The number of halogens is 1. The van der Waals surface area contributed by atoms with Crippen molar-refractivity contribution in [2.75, 3.05) is 14.2 Å². The van der Waals surface area contributed by atoms with E-state index in [1.54, 1.807) is 81.0 Å². The summed E-state index contributed by atoms with van der Waals surface area (Å²) < 4.78 is 15.9. The number of nitrogens with zero attached hydrogens (tertiary/aromatic N) is 1. The van der Waals surface area contributed by atoms with Gasteiger partial charge in [-0.15, -0.1) is 0 Å². The molecule has 3 aromatic carbocycles. The standard InChI is InChI=1S/C26H20ClNO4/c1-30-24-11-9-18(15-25(24)31-2)10-12-26(29)32-23-8-3-5-19(14-23)13-21(17-28)20-6-4-7-22(27)16-20/h3-16H,1-2H3/b12-10+,21-13-. The topological polar surface area (TPSA) is 68.5 Å². The van der Waals surface area contributed by atoms with E-state index in [1.165, 1.54) is 6.08 Å². The number of nitriles is 1. The van der Waals surface area contributed by atoms with Gasteiger partial charge in [-0.2, -0.15) is 5.26 Å². The van der Waals surface area contributed by atoms with Gasteiger partial charge in [0.1, 0.15) is 5.75 Å². The van der Waals surface area contributed by atoms with Crippen molar-refractivity contribution < 1.29 is 19.0 Å². The summed E-state index contributed by atoms with van der Waals surface area (Å²) in [5.41, 5.74) is 2.64. The molecule has 5 nitrogen and oxygen atoms in total. The molecule has 6 heteroatoms. The number of benzene rings is 3. The highest BCUT2D eigenvalue weighted by Gasteiger charge is 2.06. The number of hydrogen-bond donors (Lipinski definition) is 0. The van der Waals surface area contributed by atoms with E-state index in [4.69, 9.17) is 25.8 Å². The monoisotopic (exact) mass is 445 g/mol. The zero-order valence-electron chi connectivity index (χ0n) is 17.5. The average molecular weight is 446 g/mol. The van der Waals surface area contributed by atoms with Crippen molar-refractivity contribution in [3.63, 3.8) is 0 Å². The Balaban J connectivity index is 1.73. The first-order valence-electron chi connectivity index (χ1n) is 9.62. The third-order valence-electron chi connectivity index (χ3n) is 4.46. The smallest absolute Gasteiger partial charge is 0.336 e. The first-order chi connectivity index (χ1) is 15.5. The maximum atomic E-state index is 12.3. The molecular formula is C26H20ClNO4. The zero-order chi connectivity index (χ0) is 22.9. The van der Waals surface area contributed by atoms with E-state index in [9.17, 15) is 10.1 Å². The van der Waals surface area contributed by atoms with Crippen LogP contribution in [0.1, 0.15) is 16.7 Å². The van der Waals surface area contributed by atoms with E-state index >= 15 is 0 Å².